The first kappa shape index (κ1) is 20.6. The van der Waals surface area contributed by atoms with Crippen LogP contribution in [0.25, 0.3) is 0 Å². The summed E-state index contributed by atoms with van der Waals surface area (Å²) in [6.45, 7) is 2.04. The summed E-state index contributed by atoms with van der Waals surface area (Å²) >= 11 is 11.8. The van der Waals surface area contributed by atoms with Gasteiger partial charge in [-0.05, 0) is 55.3 Å². The van der Waals surface area contributed by atoms with Crippen LogP contribution in [0.15, 0.2) is 42.5 Å². The average molecular weight is 415 g/mol. The standard InChI is InChI=1S/C18H20Cl2N2O3S/c1-13-11-15(20)8-9-17(13)21-18(23)7-4-10-22(26(2,24)25)16-6-3-5-14(19)12-16/h3,5-6,8-9,11-12H,4,7,10H2,1-2H3,(H,21,23). The van der Waals surface area contributed by atoms with Crippen molar-refractivity contribution in [2.24, 2.45) is 0 Å². The van der Waals surface area contributed by atoms with Crippen molar-refractivity contribution < 1.29 is 13.2 Å². The number of benzene rings is 2. The van der Waals surface area contributed by atoms with Crippen LogP contribution in [0.4, 0.5) is 11.4 Å². The lowest BCUT2D eigenvalue weighted by Gasteiger charge is -2.22. The number of carbonyl (C=O) groups excluding carboxylic acids is 1. The van der Waals surface area contributed by atoms with Crippen molar-refractivity contribution in [2.45, 2.75) is 19.8 Å². The van der Waals surface area contributed by atoms with Gasteiger partial charge < -0.3 is 5.32 Å². The number of carbonyl (C=O) groups is 1. The highest BCUT2D eigenvalue weighted by atomic mass is 35.5. The minimum Gasteiger partial charge on any atom is -0.326 e. The van der Waals surface area contributed by atoms with Gasteiger partial charge in [-0.25, -0.2) is 8.42 Å². The Morgan fingerprint density at radius 3 is 2.42 bits per heavy atom. The van der Waals surface area contributed by atoms with Crippen molar-refractivity contribution in [1.82, 2.24) is 0 Å². The van der Waals surface area contributed by atoms with E-state index in [1.165, 1.54) is 4.31 Å². The van der Waals surface area contributed by atoms with Gasteiger partial charge in [0.1, 0.15) is 0 Å². The summed E-state index contributed by atoms with van der Waals surface area (Å²) in [7, 11) is -3.47. The van der Waals surface area contributed by atoms with E-state index in [0.29, 0.717) is 27.8 Å². The third-order valence-corrected chi connectivity index (χ3v) is 5.39. The first-order chi connectivity index (χ1) is 12.2. The van der Waals surface area contributed by atoms with Gasteiger partial charge in [0.25, 0.3) is 0 Å². The summed E-state index contributed by atoms with van der Waals surface area (Å²) in [4.78, 5) is 12.1. The van der Waals surface area contributed by atoms with Gasteiger partial charge in [-0.3, -0.25) is 9.10 Å². The maximum Gasteiger partial charge on any atom is 0.232 e. The highest BCUT2D eigenvalue weighted by molar-refractivity contribution is 7.92. The average Bonchev–Trinajstić information content (AvgIpc) is 2.53. The van der Waals surface area contributed by atoms with Gasteiger partial charge in [0, 0.05) is 28.7 Å². The molecule has 0 heterocycles. The molecule has 0 aliphatic heterocycles. The molecule has 5 nitrogen and oxygen atoms in total. The zero-order valence-corrected chi connectivity index (χ0v) is 16.8. The molecule has 0 spiro atoms. The van der Waals surface area contributed by atoms with Crippen molar-refractivity contribution in [1.29, 1.82) is 0 Å². The number of anilines is 2. The van der Waals surface area contributed by atoms with Crippen molar-refractivity contribution in [3.05, 3.63) is 58.1 Å². The van der Waals surface area contributed by atoms with E-state index in [1.54, 1.807) is 42.5 Å². The molecule has 0 bridgehead atoms. The fraction of sp³-hybridized carbons (Fsp3) is 0.278. The Labute approximate surface area is 164 Å². The Balaban J connectivity index is 1.98. The van der Waals surface area contributed by atoms with Crippen LogP contribution in [0.1, 0.15) is 18.4 Å². The lowest BCUT2D eigenvalue weighted by molar-refractivity contribution is -0.116. The minimum atomic E-state index is -3.47. The van der Waals surface area contributed by atoms with E-state index < -0.39 is 10.0 Å². The predicted molar refractivity (Wildman–Crippen MR) is 108 cm³/mol. The number of halogens is 2. The normalized spacial score (nSPS) is 11.2. The molecule has 0 aromatic heterocycles. The number of nitrogens with one attached hydrogen (secondary N) is 1. The molecule has 0 fully saturated rings. The van der Waals surface area contributed by atoms with Crippen LogP contribution in [0.2, 0.25) is 10.0 Å². The molecule has 1 N–H and O–H groups in total. The van der Waals surface area contributed by atoms with Gasteiger partial charge in [-0.2, -0.15) is 0 Å². The molecule has 8 heteroatoms. The van der Waals surface area contributed by atoms with Gasteiger partial charge in [-0.1, -0.05) is 29.3 Å². The SMILES string of the molecule is Cc1cc(Cl)ccc1NC(=O)CCCN(c1cccc(Cl)c1)S(C)(=O)=O. The Morgan fingerprint density at radius 1 is 1.12 bits per heavy atom. The number of aryl methyl sites for hydroxylation is 1. The van der Waals surface area contributed by atoms with E-state index in [1.807, 2.05) is 6.92 Å². The molecular weight excluding hydrogens is 395 g/mol. The molecule has 2 aromatic carbocycles. The van der Waals surface area contributed by atoms with Crippen LogP contribution < -0.4 is 9.62 Å². The van der Waals surface area contributed by atoms with Crippen LogP contribution >= 0.6 is 23.2 Å². The van der Waals surface area contributed by atoms with Crippen molar-refractivity contribution >= 4 is 50.5 Å². The topological polar surface area (TPSA) is 66.5 Å². The van der Waals surface area contributed by atoms with Crippen molar-refractivity contribution in [2.75, 3.05) is 22.4 Å². The molecule has 2 aromatic rings. The summed E-state index contributed by atoms with van der Waals surface area (Å²) in [6, 6.07) is 11.8. The van der Waals surface area contributed by atoms with Crippen molar-refractivity contribution in [3.63, 3.8) is 0 Å². The molecule has 2 rings (SSSR count). The van der Waals surface area contributed by atoms with E-state index >= 15 is 0 Å². The molecule has 0 aliphatic rings. The first-order valence-electron chi connectivity index (χ1n) is 7.96. The van der Waals surface area contributed by atoms with E-state index in [-0.39, 0.29) is 18.9 Å². The number of rotatable bonds is 7. The summed E-state index contributed by atoms with van der Waals surface area (Å²) in [5.74, 6) is -0.185. The lowest BCUT2D eigenvalue weighted by atomic mass is 10.2. The molecule has 0 radical (unpaired) electrons. The second-order valence-corrected chi connectivity index (χ2v) is 8.71. The van der Waals surface area contributed by atoms with Crippen molar-refractivity contribution in [3.8, 4) is 0 Å². The van der Waals surface area contributed by atoms with Gasteiger partial charge in [0.2, 0.25) is 15.9 Å². The van der Waals surface area contributed by atoms with Crippen LogP contribution in [-0.2, 0) is 14.8 Å². The maximum absolute atomic E-state index is 12.1. The smallest absolute Gasteiger partial charge is 0.232 e. The number of amides is 1. The fourth-order valence-electron chi connectivity index (χ4n) is 2.48. The number of hydrogen-bond donors (Lipinski definition) is 1. The molecular formula is C18H20Cl2N2O3S. The third-order valence-electron chi connectivity index (χ3n) is 3.72. The van der Waals surface area contributed by atoms with Crippen LogP contribution in [-0.4, -0.2) is 27.1 Å². The monoisotopic (exact) mass is 414 g/mol. The van der Waals surface area contributed by atoms with E-state index in [2.05, 4.69) is 5.32 Å². The number of nitrogens with zero attached hydrogens (tertiary/aromatic N) is 1. The minimum absolute atomic E-state index is 0.185. The van der Waals surface area contributed by atoms with Gasteiger partial charge in [-0.15, -0.1) is 0 Å². The number of sulfonamides is 1. The summed E-state index contributed by atoms with van der Waals surface area (Å²) in [5.41, 5.74) is 2.03. The second kappa shape index (κ2) is 8.75. The summed E-state index contributed by atoms with van der Waals surface area (Å²) in [5, 5.41) is 3.87. The molecule has 1 amide bonds. The summed E-state index contributed by atoms with van der Waals surface area (Å²) < 4.78 is 25.4. The van der Waals surface area contributed by atoms with Gasteiger partial charge >= 0.3 is 0 Å². The first-order valence-corrected chi connectivity index (χ1v) is 10.6. The maximum atomic E-state index is 12.1. The number of hydrogen-bond acceptors (Lipinski definition) is 3. The Kier molecular flexibility index (Phi) is 6.92. The van der Waals surface area contributed by atoms with Crippen LogP contribution in [0.5, 0.6) is 0 Å². The van der Waals surface area contributed by atoms with Gasteiger partial charge in [0.15, 0.2) is 0 Å². The highest BCUT2D eigenvalue weighted by Gasteiger charge is 2.18. The quantitative estimate of drug-likeness (QED) is 0.725. The van der Waals surface area contributed by atoms with E-state index in [9.17, 15) is 13.2 Å². The molecule has 0 unspecified atom stereocenters. The molecule has 0 saturated carbocycles. The fourth-order valence-corrected chi connectivity index (χ4v) is 3.85. The predicted octanol–water partition coefficient (Wildman–Crippen LogP) is 4.49. The summed E-state index contributed by atoms with van der Waals surface area (Å²) in [6.07, 6.45) is 1.69. The molecule has 140 valence electrons. The van der Waals surface area contributed by atoms with Crippen LogP contribution in [0.3, 0.4) is 0 Å². The Hall–Kier alpha value is -1.76. The van der Waals surface area contributed by atoms with Gasteiger partial charge in [0.05, 0.1) is 11.9 Å². The zero-order chi connectivity index (χ0) is 19.3. The largest absolute Gasteiger partial charge is 0.326 e. The van der Waals surface area contributed by atoms with E-state index in [0.717, 1.165) is 11.8 Å². The molecule has 26 heavy (non-hydrogen) atoms. The molecule has 0 atom stereocenters. The molecule has 0 aliphatic carbocycles. The zero-order valence-electron chi connectivity index (χ0n) is 14.5. The Bertz CT molecular complexity index is 901. The third kappa shape index (κ3) is 5.90. The second-order valence-electron chi connectivity index (χ2n) is 5.93. The highest BCUT2D eigenvalue weighted by Crippen LogP contribution is 2.23. The molecule has 0 saturated heterocycles. The van der Waals surface area contributed by atoms with Crippen LogP contribution in [0, 0.1) is 6.92 Å². The van der Waals surface area contributed by atoms with E-state index in [4.69, 9.17) is 23.2 Å². The lowest BCUT2D eigenvalue weighted by Crippen LogP contribution is -2.31. The Morgan fingerprint density at radius 2 is 1.81 bits per heavy atom.